The van der Waals surface area contributed by atoms with Crippen LogP contribution in [0.4, 0.5) is 0 Å². The maximum absolute atomic E-state index is 8.89. The molecule has 0 aliphatic carbocycles. The second kappa shape index (κ2) is 7.04. The average molecular weight is 265 g/mol. The topological polar surface area (TPSA) is 67.1 Å². The summed E-state index contributed by atoms with van der Waals surface area (Å²) in [6, 6.07) is 4.84. The van der Waals surface area contributed by atoms with E-state index in [9.17, 15) is 0 Å². The van der Waals surface area contributed by atoms with Crippen LogP contribution >= 0.6 is 0 Å². The Balaban J connectivity index is 0.000000192. The van der Waals surface area contributed by atoms with Gasteiger partial charge in [0.1, 0.15) is 5.52 Å². The van der Waals surface area contributed by atoms with Crippen molar-refractivity contribution in [2.75, 3.05) is 6.54 Å². The van der Waals surface area contributed by atoms with Gasteiger partial charge < -0.3 is 5.21 Å². The first-order valence-corrected chi connectivity index (χ1v) is 6.58. The van der Waals surface area contributed by atoms with Crippen molar-refractivity contribution >= 4 is 11.2 Å². The van der Waals surface area contributed by atoms with Crippen molar-refractivity contribution in [1.82, 2.24) is 25.0 Å². The molecule has 0 atom stereocenters. The van der Waals surface area contributed by atoms with E-state index in [4.69, 9.17) is 5.21 Å². The van der Waals surface area contributed by atoms with Gasteiger partial charge in [0.2, 0.25) is 5.65 Å². The number of aromatic nitrogens is 4. The van der Waals surface area contributed by atoms with E-state index >= 15 is 0 Å². The maximum Gasteiger partial charge on any atom is 0.219 e. The van der Waals surface area contributed by atoms with Crippen LogP contribution in [-0.4, -0.2) is 48.9 Å². The third-order valence-electron chi connectivity index (χ3n) is 2.88. The molecule has 1 N–H and O–H groups in total. The normalized spacial score (nSPS) is 11.2. The highest BCUT2D eigenvalue weighted by Crippen LogP contribution is 2.03. The van der Waals surface area contributed by atoms with Crippen LogP contribution in [0.3, 0.4) is 0 Å². The molecule has 0 saturated carbocycles. The van der Waals surface area contributed by atoms with Crippen molar-refractivity contribution in [3.05, 3.63) is 18.3 Å². The van der Waals surface area contributed by atoms with Gasteiger partial charge in [0.05, 0.1) is 0 Å². The molecule has 0 fully saturated rings. The number of fused-ring (bicyclic) bond motifs is 1. The highest BCUT2D eigenvalue weighted by Gasteiger charge is 2.09. The molecule has 0 amide bonds. The van der Waals surface area contributed by atoms with Crippen LogP contribution in [-0.2, 0) is 0 Å². The van der Waals surface area contributed by atoms with E-state index in [-0.39, 0.29) is 0 Å². The second-order valence-electron chi connectivity index (χ2n) is 4.84. The van der Waals surface area contributed by atoms with Crippen LogP contribution in [0.15, 0.2) is 18.3 Å². The lowest BCUT2D eigenvalue weighted by Crippen LogP contribution is -2.36. The summed E-state index contributed by atoms with van der Waals surface area (Å²) in [6.07, 6.45) is 1.57. The third kappa shape index (κ3) is 4.17. The number of hydrogen-bond acceptors (Lipinski definition) is 5. The van der Waals surface area contributed by atoms with Crippen LogP contribution in [0, 0.1) is 0 Å². The number of hydrogen-bond donors (Lipinski definition) is 1. The van der Waals surface area contributed by atoms with E-state index in [0.717, 1.165) is 6.54 Å². The first-order valence-electron chi connectivity index (χ1n) is 6.58. The summed E-state index contributed by atoms with van der Waals surface area (Å²) in [5, 5.41) is 15.9. The molecule has 2 aromatic rings. The molecular formula is C13H23N5O. The van der Waals surface area contributed by atoms with Crippen molar-refractivity contribution in [2.24, 2.45) is 0 Å². The molecule has 2 heterocycles. The molecule has 2 aromatic heterocycles. The Morgan fingerprint density at radius 2 is 1.89 bits per heavy atom. The van der Waals surface area contributed by atoms with Crippen molar-refractivity contribution in [3.63, 3.8) is 0 Å². The predicted molar refractivity (Wildman–Crippen MR) is 75.2 cm³/mol. The van der Waals surface area contributed by atoms with Gasteiger partial charge in [-0.25, -0.2) is 4.98 Å². The monoisotopic (exact) mass is 265 g/mol. The van der Waals surface area contributed by atoms with Gasteiger partial charge in [0.25, 0.3) is 0 Å². The first kappa shape index (κ1) is 15.4. The summed E-state index contributed by atoms with van der Waals surface area (Å²) in [7, 11) is 0. The largest absolute Gasteiger partial charge is 0.409 e. The molecule has 0 aromatic carbocycles. The van der Waals surface area contributed by atoms with E-state index in [1.807, 2.05) is 0 Å². The lowest BCUT2D eigenvalue weighted by Gasteiger charge is -2.28. The van der Waals surface area contributed by atoms with Gasteiger partial charge in [-0.3, -0.25) is 4.90 Å². The fourth-order valence-electron chi connectivity index (χ4n) is 2.08. The summed E-state index contributed by atoms with van der Waals surface area (Å²) in [5.41, 5.74) is 0.965. The Kier molecular flexibility index (Phi) is 5.69. The van der Waals surface area contributed by atoms with Crippen molar-refractivity contribution in [2.45, 2.75) is 46.7 Å². The second-order valence-corrected chi connectivity index (χ2v) is 4.84. The molecule has 6 heteroatoms. The summed E-state index contributed by atoms with van der Waals surface area (Å²) in [6.45, 7) is 12.3. The molecule has 0 unspecified atom stereocenters. The number of rotatable bonds is 3. The zero-order chi connectivity index (χ0) is 14.4. The highest BCUT2D eigenvalue weighted by atomic mass is 16.5. The zero-order valence-electron chi connectivity index (χ0n) is 12.3. The standard InChI is InChI=1S/C8H19N.C5H4N4O/c1-6-9(7(2)3)8(4)5;10-9-5-4(7-8-9)2-1-3-6-5/h7-8H,6H2,1-5H3;1-3,10H. The summed E-state index contributed by atoms with van der Waals surface area (Å²) >= 11 is 0. The Morgan fingerprint density at radius 1 is 1.26 bits per heavy atom. The van der Waals surface area contributed by atoms with Crippen LogP contribution in [0.25, 0.3) is 11.2 Å². The minimum Gasteiger partial charge on any atom is -0.409 e. The zero-order valence-corrected chi connectivity index (χ0v) is 12.3. The van der Waals surface area contributed by atoms with Gasteiger partial charge in [-0.15, -0.1) is 5.10 Å². The number of pyridine rings is 1. The third-order valence-corrected chi connectivity index (χ3v) is 2.88. The molecule has 2 rings (SSSR count). The van der Waals surface area contributed by atoms with Gasteiger partial charge in [-0.1, -0.05) is 11.8 Å². The molecule has 19 heavy (non-hydrogen) atoms. The molecule has 0 bridgehead atoms. The Bertz CT molecular complexity index is 486. The SMILES string of the molecule is CCN(C(C)C)C(C)C.On1nnc2cccnc21. The Hall–Kier alpha value is -1.69. The maximum atomic E-state index is 8.89. The van der Waals surface area contributed by atoms with Crippen molar-refractivity contribution < 1.29 is 5.21 Å². The summed E-state index contributed by atoms with van der Waals surface area (Å²) in [5.74, 6) is 0. The Morgan fingerprint density at radius 3 is 2.32 bits per heavy atom. The van der Waals surface area contributed by atoms with Crippen molar-refractivity contribution in [1.29, 1.82) is 0 Å². The molecule has 106 valence electrons. The lowest BCUT2D eigenvalue weighted by molar-refractivity contribution is 0.153. The molecule has 6 nitrogen and oxygen atoms in total. The number of nitrogens with zero attached hydrogens (tertiary/aromatic N) is 5. The summed E-state index contributed by atoms with van der Waals surface area (Å²) in [4.78, 5) is 6.94. The van der Waals surface area contributed by atoms with E-state index < -0.39 is 0 Å². The Labute approximate surface area is 114 Å². The summed E-state index contributed by atoms with van der Waals surface area (Å²) < 4.78 is 0. The lowest BCUT2D eigenvalue weighted by atomic mass is 10.2. The van der Waals surface area contributed by atoms with Crippen LogP contribution in [0.5, 0.6) is 0 Å². The van der Waals surface area contributed by atoms with Gasteiger partial charge in [0, 0.05) is 18.3 Å². The van der Waals surface area contributed by atoms with Gasteiger partial charge in [0.15, 0.2) is 0 Å². The van der Waals surface area contributed by atoms with E-state index in [0.29, 0.717) is 28.1 Å². The van der Waals surface area contributed by atoms with E-state index in [2.05, 4.69) is 54.8 Å². The van der Waals surface area contributed by atoms with E-state index in [1.165, 1.54) is 0 Å². The molecule has 0 aliphatic heterocycles. The molecule has 0 saturated heterocycles. The van der Waals surface area contributed by atoms with Crippen LogP contribution < -0.4 is 0 Å². The van der Waals surface area contributed by atoms with Crippen LogP contribution in [0.2, 0.25) is 0 Å². The smallest absolute Gasteiger partial charge is 0.219 e. The van der Waals surface area contributed by atoms with Crippen LogP contribution in [0.1, 0.15) is 34.6 Å². The van der Waals surface area contributed by atoms with Gasteiger partial charge >= 0.3 is 0 Å². The fourth-order valence-corrected chi connectivity index (χ4v) is 2.08. The molecule has 0 radical (unpaired) electrons. The first-order chi connectivity index (χ1) is 8.97. The minimum atomic E-state index is 0.377. The fraction of sp³-hybridized carbons (Fsp3) is 0.615. The molecular weight excluding hydrogens is 242 g/mol. The average Bonchev–Trinajstić information content (AvgIpc) is 2.72. The molecule has 0 aliphatic rings. The van der Waals surface area contributed by atoms with Crippen molar-refractivity contribution in [3.8, 4) is 0 Å². The van der Waals surface area contributed by atoms with Gasteiger partial charge in [-0.05, 0) is 51.6 Å². The van der Waals surface area contributed by atoms with Gasteiger partial charge in [-0.2, -0.15) is 0 Å². The quantitative estimate of drug-likeness (QED) is 0.862. The van der Waals surface area contributed by atoms with E-state index in [1.54, 1.807) is 18.3 Å². The minimum absolute atomic E-state index is 0.377. The predicted octanol–water partition coefficient (Wildman–Crippen LogP) is 2.19. The highest BCUT2D eigenvalue weighted by molar-refractivity contribution is 5.68. The molecule has 0 spiro atoms.